The molecule has 0 saturated carbocycles. The summed E-state index contributed by atoms with van der Waals surface area (Å²) in [5.41, 5.74) is 8.78. The molecule has 2 atom stereocenters. The number of sulfonamides is 1. The van der Waals surface area contributed by atoms with Gasteiger partial charge in [0.05, 0.1) is 42.9 Å². The predicted octanol–water partition coefficient (Wildman–Crippen LogP) is 5.18. The fourth-order valence-electron chi connectivity index (χ4n) is 6.18. The van der Waals surface area contributed by atoms with E-state index < -0.39 is 10.0 Å². The number of aromatic nitrogens is 2. The number of ether oxygens (including phenoxy) is 1. The van der Waals surface area contributed by atoms with E-state index in [2.05, 4.69) is 68.6 Å². The summed E-state index contributed by atoms with van der Waals surface area (Å²) in [5, 5.41) is 4.12. The van der Waals surface area contributed by atoms with Crippen LogP contribution in [-0.2, 0) is 14.8 Å². The molecular formula is C32H36N6O3S2. The minimum Gasteiger partial charge on any atom is -0.378 e. The second-order valence-electron chi connectivity index (χ2n) is 11.1. The summed E-state index contributed by atoms with van der Waals surface area (Å²) in [4.78, 5) is 9.18. The molecule has 0 aliphatic carbocycles. The molecule has 0 radical (unpaired) electrons. The van der Waals surface area contributed by atoms with Gasteiger partial charge in [0.15, 0.2) is 5.11 Å². The van der Waals surface area contributed by atoms with E-state index in [1.807, 2.05) is 37.3 Å². The molecule has 2 aliphatic rings. The number of rotatable bonds is 7. The van der Waals surface area contributed by atoms with Crippen molar-refractivity contribution in [2.24, 2.45) is 0 Å². The van der Waals surface area contributed by atoms with Crippen molar-refractivity contribution in [1.29, 1.82) is 0 Å². The second kappa shape index (κ2) is 11.6. The van der Waals surface area contributed by atoms with E-state index in [1.54, 1.807) is 12.3 Å². The van der Waals surface area contributed by atoms with Crippen LogP contribution in [0.5, 0.6) is 0 Å². The Labute approximate surface area is 258 Å². The first-order valence-electron chi connectivity index (χ1n) is 14.3. The van der Waals surface area contributed by atoms with Crippen molar-refractivity contribution in [3.8, 4) is 5.69 Å². The van der Waals surface area contributed by atoms with Gasteiger partial charge in [-0.2, -0.15) is 0 Å². The molecule has 2 aliphatic heterocycles. The van der Waals surface area contributed by atoms with Crippen molar-refractivity contribution in [1.82, 2.24) is 14.9 Å². The second-order valence-corrected chi connectivity index (χ2v) is 13.3. The van der Waals surface area contributed by atoms with Gasteiger partial charge < -0.3 is 24.4 Å². The molecule has 6 rings (SSSR count). The van der Waals surface area contributed by atoms with E-state index in [4.69, 9.17) is 21.9 Å². The van der Waals surface area contributed by atoms with E-state index in [9.17, 15) is 8.42 Å². The molecule has 43 heavy (non-hydrogen) atoms. The van der Waals surface area contributed by atoms with Crippen molar-refractivity contribution in [2.75, 3.05) is 47.1 Å². The molecule has 2 aromatic carbocycles. The topological polar surface area (TPSA) is 91.7 Å². The van der Waals surface area contributed by atoms with Gasteiger partial charge in [0.2, 0.25) is 10.0 Å². The maximum Gasteiger partial charge on any atom is 0.229 e. The van der Waals surface area contributed by atoms with Crippen molar-refractivity contribution in [2.45, 2.75) is 32.9 Å². The first-order valence-corrected chi connectivity index (χ1v) is 16.6. The number of thiocarbonyl (C=S) groups is 1. The minimum absolute atomic E-state index is 0.192. The quantitative estimate of drug-likeness (QED) is 0.275. The Balaban J connectivity index is 1.41. The van der Waals surface area contributed by atoms with Crippen LogP contribution in [0.15, 0.2) is 72.9 Å². The van der Waals surface area contributed by atoms with E-state index in [1.165, 1.54) is 5.69 Å². The lowest BCUT2D eigenvalue weighted by molar-refractivity contribution is 0.122. The Hall–Kier alpha value is -3.93. The fraction of sp³-hybridized carbons (Fsp3) is 0.312. The number of hydrogen-bond acceptors (Lipinski definition) is 6. The third kappa shape index (κ3) is 5.84. The molecule has 9 nitrogen and oxygen atoms in total. The zero-order chi connectivity index (χ0) is 30.3. The van der Waals surface area contributed by atoms with Crippen LogP contribution in [0.4, 0.5) is 17.1 Å². The Morgan fingerprint density at radius 1 is 0.953 bits per heavy atom. The standard InChI is InChI=1S/C32H36N6O3S2/c1-21-19-26(12-13-28(21)35-43(4,39)40)38-31(30(34-32(38)42)29-7-5-6-14-33-29)27-20-22(2)37(23(27)3)25-10-8-24(9-11-25)36-15-17-41-18-16-36/h5-14,19-20,30-31,35H,15-18H2,1-4H3,(H,34,42)/t30-,31-/m0/s1. The number of benzene rings is 2. The van der Waals surface area contributed by atoms with Crippen LogP contribution in [0.3, 0.4) is 0 Å². The number of nitrogens with one attached hydrogen (secondary N) is 2. The lowest BCUT2D eigenvalue weighted by Crippen LogP contribution is -2.36. The summed E-state index contributed by atoms with van der Waals surface area (Å²) < 4.78 is 34.2. The molecule has 0 bridgehead atoms. The first kappa shape index (κ1) is 29.2. The van der Waals surface area contributed by atoms with Gasteiger partial charge in [0.1, 0.15) is 0 Å². The molecule has 224 valence electrons. The predicted molar refractivity (Wildman–Crippen MR) is 176 cm³/mol. The number of pyridine rings is 1. The van der Waals surface area contributed by atoms with E-state index in [-0.39, 0.29) is 12.1 Å². The highest BCUT2D eigenvalue weighted by molar-refractivity contribution is 7.92. The maximum atomic E-state index is 11.9. The monoisotopic (exact) mass is 616 g/mol. The highest BCUT2D eigenvalue weighted by Crippen LogP contribution is 2.44. The van der Waals surface area contributed by atoms with E-state index in [0.29, 0.717) is 10.8 Å². The van der Waals surface area contributed by atoms with Crippen LogP contribution in [0.1, 0.15) is 40.3 Å². The third-order valence-electron chi connectivity index (χ3n) is 8.15. The molecule has 4 heterocycles. The number of aryl methyl sites for hydroxylation is 2. The number of anilines is 3. The van der Waals surface area contributed by atoms with Crippen molar-refractivity contribution >= 4 is 44.4 Å². The van der Waals surface area contributed by atoms with E-state index >= 15 is 0 Å². The number of hydrogen-bond donors (Lipinski definition) is 2. The number of nitrogens with zero attached hydrogens (tertiary/aromatic N) is 4. The Bertz CT molecular complexity index is 1750. The Morgan fingerprint density at radius 2 is 1.65 bits per heavy atom. The SMILES string of the molecule is Cc1cc(N2C(=S)N[C@@H](c3ccccn3)[C@@H]2c2cc(C)n(-c3ccc(N4CCOCC4)cc3)c2C)ccc1NS(C)(=O)=O. The number of morpholine rings is 1. The summed E-state index contributed by atoms with van der Waals surface area (Å²) in [6.45, 7) is 9.47. The van der Waals surface area contributed by atoms with Crippen LogP contribution >= 0.6 is 12.2 Å². The van der Waals surface area contributed by atoms with Crippen LogP contribution in [0.2, 0.25) is 0 Å². The molecule has 0 unspecified atom stereocenters. The smallest absolute Gasteiger partial charge is 0.229 e. The normalized spacial score (nSPS) is 19.0. The summed E-state index contributed by atoms with van der Waals surface area (Å²) in [5.74, 6) is 0. The average Bonchev–Trinajstić information content (AvgIpc) is 3.49. The zero-order valence-corrected chi connectivity index (χ0v) is 26.4. The van der Waals surface area contributed by atoms with Crippen molar-refractivity contribution < 1.29 is 13.2 Å². The Morgan fingerprint density at radius 3 is 2.30 bits per heavy atom. The lowest BCUT2D eigenvalue weighted by atomic mass is 9.96. The molecule has 2 saturated heterocycles. The largest absolute Gasteiger partial charge is 0.378 e. The molecule has 4 aromatic rings. The summed E-state index contributed by atoms with van der Waals surface area (Å²) in [6, 6.07) is 22.2. The fourth-order valence-corrected chi connectivity index (χ4v) is 7.15. The highest BCUT2D eigenvalue weighted by Gasteiger charge is 2.42. The third-order valence-corrected chi connectivity index (χ3v) is 9.06. The highest BCUT2D eigenvalue weighted by atomic mass is 32.2. The van der Waals surface area contributed by atoms with Gasteiger partial charge in [-0.15, -0.1) is 0 Å². The zero-order valence-electron chi connectivity index (χ0n) is 24.7. The summed E-state index contributed by atoms with van der Waals surface area (Å²) >= 11 is 5.95. The van der Waals surface area contributed by atoms with Gasteiger partial charge in [-0.1, -0.05) is 6.07 Å². The van der Waals surface area contributed by atoms with Crippen LogP contribution in [0.25, 0.3) is 5.69 Å². The van der Waals surface area contributed by atoms with Gasteiger partial charge in [0, 0.05) is 47.7 Å². The molecule has 2 aromatic heterocycles. The van der Waals surface area contributed by atoms with Gasteiger partial charge in [-0.25, -0.2) is 8.42 Å². The van der Waals surface area contributed by atoms with Crippen molar-refractivity contribution in [3.63, 3.8) is 0 Å². The van der Waals surface area contributed by atoms with Gasteiger partial charge >= 0.3 is 0 Å². The van der Waals surface area contributed by atoms with Crippen molar-refractivity contribution in [3.05, 3.63) is 101 Å². The summed E-state index contributed by atoms with van der Waals surface area (Å²) in [7, 11) is -3.41. The first-order chi connectivity index (χ1) is 20.6. The van der Waals surface area contributed by atoms with Crippen LogP contribution in [0, 0.1) is 20.8 Å². The van der Waals surface area contributed by atoms with Crippen LogP contribution < -0.4 is 19.8 Å². The summed E-state index contributed by atoms with van der Waals surface area (Å²) in [6.07, 6.45) is 2.95. The maximum absolute atomic E-state index is 11.9. The lowest BCUT2D eigenvalue weighted by Gasteiger charge is -2.29. The van der Waals surface area contributed by atoms with Crippen LogP contribution in [-0.4, -0.2) is 55.6 Å². The minimum atomic E-state index is -3.41. The molecule has 11 heteroatoms. The molecule has 2 N–H and O–H groups in total. The Kier molecular flexibility index (Phi) is 7.89. The van der Waals surface area contributed by atoms with Gasteiger partial charge in [-0.3, -0.25) is 9.71 Å². The molecule has 0 spiro atoms. The molecule has 0 amide bonds. The molecule has 2 fully saturated rings. The van der Waals surface area contributed by atoms with Gasteiger partial charge in [0.25, 0.3) is 0 Å². The van der Waals surface area contributed by atoms with Gasteiger partial charge in [-0.05, 0) is 105 Å². The van der Waals surface area contributed by atoms with E-state index in [0.717, 1.165) is 72.1 Å². The molecular weight excluding hydrogens is 581 g/mol. The average molecular weight is 617 g/mol.